The number of allylic oxidation sites excluding steroid dienone is 1. The van der Waals surface area contributed by atoms with Gasteiger partial charge >= 0.3 is 0 Å². The molecule has 0 amide bonds. The molecule has 0 unspecified atom stereocenters. The number of Topliss-reactive ketones (excluding diaryl/α,β-unsaturated/α-hetero) is 1. The Morgan fingerprint density at radius 2 is 1.86 bits per heavy atom. The van der Waals surface area contributed by atoms with Gasteiger partial charge in [0.1, 0.15) is 0 Å². The molecule has 0 bridgehead atoms. The third-order valence-corrected chi connectivity index (χ3v) is 7.37. The Kier molecular flexibility index (Phi) is 3.64. The van der Waals surface area contributed by atoms with E-state index < -0.39 is 6.10 Å². The highest BCUT2D eigenvalue weighted by Gasteiger charge is 2.56. The molecule has 0 aromatic heterocycles. The molecule has 22 heavy (non-hydrogen) atoms. The quantitative estimate of drug-likeness (QED) is 0.765. The van der Waals surface area contributed by atoms with E-state index in [0.717, 1.165) is 36.8 Å². The molecule has 124 valence electrons. The van der Waals surface area contributed by atoms with Crippen LogP contribution in [0.1, 0.15) is 79.6 Å². The minimum atomic E-state index is -0.417. The molecule has 2 heteroatoms. The molecule has 3 aliphatic carbocycles. The fraction of sp³-hybridized carbons (Fsp3) is 0.850. The molecule has 3 rings (SSSR count). The summed E-state index contributed by atoms with van der Waals surface area (Å²) < 4.78 is 0. The highest BCUT2D eigenvalue weighted by molar-refractivity contribution is 5.98. The molecule has 0 saturated heterocycles. The summed E-state index contributed by atoms with van der Waals surface area (Å²) in [5, 5.41) is 11.0. The Morgan fingerprint density at radius 1 is 1.18 bits per heavy atom. The number of carbonyl (C=O) groups is 1. The predicted molar refractivity (Wildman–Crippen MR) is 89.5 cm³/mol. The molecule has 0 aromatic rings. The van der Waals surface area contributed by atoms with Gasteiger partial charge < -0.3 is 5.11 Å². The van der Waals surface area contributed by atoms with E-state index in [1.165, 1.54) is 12.8 Å². The third-order valence-electron chi connectivity index (χ3n) is 7.37. The Hall–Kier alpha value is -0.630. The molecule has 1 saturated carbocycles. The smallest absolute Gasteiger partial charge is 0.159 e. The summed E-state index contributed by atoms with van der Waals surface area (Å²) >= 11 is 0. The summed E-state index contributed by atoms with van der Waals surface area (Å²) in [6.07, 6.45) is 6.53. The van der Waals surface area contributed by atoms with Crippen LogP contribution in [0.25, 0.3) is 0 Å². The molecular weight excluding hydrogens is 272 g/mol. The zero-order valence-corrected chi connectivity index (χ0v) is 15.0. The predicted octanol–water partition coefficient (Wildman–Crippen LogP) is 4.66. The first-order valence-corrected chi connectivity index (χ1v) is 9.08. The van der Waals surface area contributed by atoms with E-state index in [-0.39, 0.29) is 16.2 Å². The largest absolute Gasteiger partial charge is 0.389 e. The second-order valence-electron chi connectivity index (χ2n) is 9.39. The van der Waals surface area contributed by atoms with E-state index in [1.54, 1.807) is 0 Å². The van der Waals surface area contributed by atoms with Crippen LogP contribution in [-0.2, 0) is 4.79 Å². The van der Waals surface area contributed by atoms with Gasteiger partial charge in [-0.25, -0.2) is 0 Å². The fourth-order valence-corrected chi connectivity index (χ4v) is 5.86. The molecule has 4 atom stereocenters. The molecule has 1 fully saturated rings. The summed E-state index contributed by atoms with van der Waals surface area (Å²) in [5.74, 6) is 0.714. The van der Waals surface area contributed by atoms with Crippen molar-refractivity contribution in [3.63, 3.8) is 0 Å². The van der Waals surface area contributed by atoms with Crippen molar-refractivity contribution in [1.82, 2.24) is 0 Å². The van der Waals surface area contributed by atoms with Gasteiger partial charge in [-0.15, -0.1) is 0 Å². The third kappa shape index (κ3) is 2.21. The maximum Gasteiger partial charge on any atom is 0.159 e. The van der Waals surface area contributed by atoms with E-state index in [4.69, 9.17) is 0 Å². The fourth-order valence-electron chi connectivity index (χ4n) is 5.86. The van der Waals surface area contributed by atoms with E-state index >= 15 is 0 Å². The van der Waals surface area contributed by atoms with Crippen LogP contribution >= 0.6 is 0 Å². The summed E-state index contributed by atoms with van der Waals surface area (Å²) in [7, 11) is 0. The number of aliphatic hydroxyl groups excluding tert-OH is 1. The summed E-state index contributed by atoms with van der Waals surface area (Å²) in [6.45, 7) is 11.4. The van der Waals surface area contributed by atoms with Crippen molar-refractivity contribution in [2.75, 3.05) is 0 Å². The van der Waals surface area contributed by atoms with Gasteiger partial charge in [0.2, 0.25) is 0 Å². The standard InChI is InChI=1S/C20H32O2/c1-6-19(4)11-13-14(21)10-16-18(2,3)8-7-9-20(16,5)17(13)15(22)12-19/h15-16,22H,6-12H2,1-5H3/t15-,16-,19+,20-/m0/s1. The Labute approximate surface area is 135 Å². The maximum atomic E-state index is 12.9. The van der Waals surface area contributed by atoms with Crippen LogP contribution in [0.5, 0.6) is 0 Å². The maximum absolute atomic E-state index is 12.9. The number of rotatable bonds is 1. The van der Waals surface area contributed by atoms with Crippen molar-refractivity contribution in [1.29, 1.82) is 0 Å². The van der Waals surface area contributed by atoms with Crippen LogP contribution in [-0.4, -0.2) is 17.0 Å². The summed E-state index contributed by atoms with van der Waals surface area (Å²) in [4.78, 5) is 12.9. The van der Waals surface area contributed by atoms with E-state index in [1.807, 2.05) is 0 Å². The van der Waals surface area contributed by atoms with Gasteiger partial charge in [-0.05, 0) is 59.0 Å². The normalized spacial score (nSPS) is 44.5. The molecule has 0 heterocycles. The highest BCUT2D eigenvalue weighted by atomic mass is 16.3. The van der Waals surface area contributed by atoms with Gasteiger partial charge in [-0.3, -0.25) is 4.79 Å². The zero-order chi connectivity index (χ0) is 16.3. The summed E-state index contributed by atoms with van der Waals surface area (Å²) in [6, 6.07) is 0. The average Bonchev–Trinajstić information content (AvgIpc) is 2.40. The molecule has 1 N–H and O–H groups in total. The first-order chi connectivity index (χ1) is 10.1. The van der Waals surface area contributed by atoms with Crippen LogP contribution in [0.2, 0.25) is 0 Å². The van der Waals surface area contributed by atoms with Crippen LogP contribution in [0.3, 0.4) is 0 Å². The second kappa shape index (κ2) is 4.93. The lowest BCUT2D eigenvalue weighted by Crippen LogP contribution is -2.52. The summed E-state index contributed by atoms with van der Waals surface area (Å²) in [5.41, 5.74) is 2.44. The van der Waals surface area contributed by atoms with Crippen molar-refractivity contribution < 1.29 is 9.90 Å². The number of aliphatic hydroxyl groups is 1. The lowest BCUT2D eigenvalue weighted by atomic mass is 9.47. The van der Waals surface area contributed by atoms with Crippen molar-refractivity contribution >= 4 is 5.78 Å². The zero-order valence-electron chi connectivity index (χ0n) is 15.0. The first-order valence-electron chi connectivity index (χ1n) is 9.08. The monoisotopic (exact) mass is 304 g/mol. The van der Waals surface area contributed by atoms with Crippen molar-refractivity contribution in [3.05, 3.63) is 11.1 Å². The second-order valence-corrected chi connectivity index (χ2v) is 9.39. The van der Waals surface area contributed by atoms with Gasteiger partial charge in [0.15, 0.2) is 5.78 Å². The number of ketones is 1. The van der Waals surface area contributed by atoms with Gasteiger partial charge in [0.05, 0.1) is 6.10 Å². The molecule has 0 aliphatic heterocycles. The van der Waals surface area contributed by atoms with Crippen LogP contribution < -0.4 is 0 Å². The van der Waals surface area contributed by atoms with E-state index in [0.29, 0.717) is 18.1 Å². The molecule has 0 radical (unpaired) electrons. The van der Waals surface area contributed by atoms with Gasteiger partial charge in [-0.2, -0.15) is 0 Å². The lowest BCUT2D eigenvalue weighted by molar-refractivity contribution is -0.124. The first kappa shape index (κ1) is 16.2. The van der Waals surface area contributed by atoms with Crippen molar-refractivity contribution in [2.24, 2.45) is 22.2 Å². The number of hydrogen-bond donors (Lipinski definition) is 1. The molecule has 2 nitrogen and oxygen atoms in total. The van der Waals surface area contributed by atoms with Crippen LogP contribution in [0.15, 0.2) is 11.1 Å². The number of fused-ring (bicyclic) bond motifs is 2. The average molecular weight is 304 g/mol. The molecule has 0 aromatic carbocycles. The topological polar surface area (TPSA) is 37.3 Å². The highest BCUT2D eigenvalue weighted by Crippen LogP contribution is 2.62. The molecule has 3 aliphatic rings. The molecular formula is C20H32O2. The van der Waals surface area contributed by atoms with Gasteiger partial charge in [0.25, 0.3) is 0 Å². The Morgan fingerprint density at radius 3 is 2.50 bits per heavy atom. The minimum Gasteiger partial charge on any atom is -0.389 e. The number of hydrogen-bond acceptors (Lipinski definition) is 2. The molecule has 0 spiro atoms. The van der Waals surface area contributed by atoms with Crippen molar-refractivity contribution in [2.45, 2.75) is 85.7 Å². The van der Waals surface area contributed by atoms with Crippen LogP contribution in [0, 0.1) is 22.2 Å². The Bertz CT molecular complexity index is 530. The van der Waals surface area contributed by atoms with E-state index in [9.17, 15) is 9.90 Å². The van der Waals surface area contributed by atoms with E-state index in [2.05, 4.69) is 34.6 Å². The Balaban J connectivity index is 2.11. The SMILES string of the molecule is CC[C@]1(C)CC2=C([C@@H](O)C1)[C@@]1(C)CCCC(C)(C)[C@@H]1CC2=O. The van der Waals surface area contributed by atoms with Crippen molar-refractivity contribution in [3.8, 4) is 0 Å². The van der Waals surface area contributed by atoms with Crippen LogP contribution in [0.4, 0.5) is 0 Å². The van der Waals surface area contributed by atoms with Gasteiger partial charge in [-0.1, -0.05) is 47.5 Å². The lowest BCUT2D eigenvalue weighted by Gasteiger charge is -2.57. The minimum absolute atomic E-state index is 0.0273. The number of carbonyl (C=O) groups excluding carboxylic acids is 1. The van der Waals surface area contributed by atoms with Gasteiger partial charge in [0, 0.05) is 6.42 Å².